The molecule has 0 spiro atoms. The van der Waals surface area contributed by atoms with Crippen molar-refractivity contribution in [3.63, 3.8) is 0 Å². The number of nitrogens with zero attached hydrogens (tertiary/aromatic N) is 2. The number of hydrogen-bond donors (Lipinski definition) is 0. The summed E-state index contributed by atoms with van der Waals surface area (Å²) in [4.78, 5) is 14.5. The number of rotatable bonds is 4. The van der Waals surface area contributed by atoms with Crippen LogP contribution < -0.4 is 0 Å². The molecular weight excluding hydrogens is 353 g/mol. The Morgan fingerprint density at radius 2 is 2.12 bits per heavy atom. The van der Waals surface area contributed by atoms with Gasteiger partial charge in [-0.05, 0) is 13.0 Å². The molecule has 0 radical (unpaired) electrons. The highest BCUT2D eigenvalue weighted by molar-refractivity contribution is 8.00. The summed E-state index contributed by atoms with van der Waals surface area (Å²) in [7, 11) is 0. The molecule has 0 bridgehead atoms. The Kier molecular flexibility index (Phi) is 5.29. The molecule has 1 aliphatic rings. The largest absolute Gasteiger partial charge is 0.416 e. The number of alkyl halides is 3. The lowest BCUT2D eigenvalue weighted by molar-refractivity contribution is -0.236. The van der Waals surface area contributed by atoms with Crippen LogP contribution in [-0.4, -0.2) is 53.1 Å². The number of thioether (sulfide) groups is 1. The van der Waals surface area contributed by atoms with Gasteiger partial charge in [0.25, 0.3) is 0 Å². The van der Waals surface area contributed by atoms with Crippen molar-refractivity contribution < 1.29 is 22.7 Å². The van der Waals surface area contributed by atoms with Gasteiger partial charge < -0.3 is 14.2 Å². The van der Waals surface area contributed by atoms with Gasteiger partial charge in [0.15, 0.2) is 6.10 Å². The number of carbonyl (C=O) groups excluding carboxylic acids is 1. The van der Waals surface area contributed by atoms with Crippen molar-refractivity contribution in [1.82, 2.24) is 9.47 Å². The molecule has 3 rings (SSSR count). The molecule has 0 N–H and O–H groups in total. The maximum atomic E-state index is 12.8. The second kappa shape index (κ2) is 7.29. The fourth-order valence-electron chi connectivity index (χ4n) is 2.89. The predicted molar refractivity (Wildman–Crippen MR) is 90.7 cm³/mol. The molecule has 136 valence electrons. The lowest BCUT2D eigenvalue weighted by Crippen LogP contribution is -2.51. The number of amides is 1. The first kappa shape index (κ1) is 18.1. The number of ether oxygens (including phenoxy) is 1. The number of aromatic nitrogens is 1. The first-order valence-electron chi connectivity index (χ1n) is 8.07. The van der Waals surface area contributed by atoms with E-state index in [0.29, 0.717) is 0 Å². The molecule has 1 aliphatic heterocycles. The van der Waals surface area contributed by atoms with Gasteiger partial charge in [0.1, 0.15) is 0 Å². The molecular formula is C17H19F3N2O2S. The van der Waals surface area contributed by atoms with E-state index in [1.165, 1.54) is 16.7 Å². The van der Waals surface area contributed by atoms with Crippen molar-refractivity contribution in [2.45, 2.75) is 30.6 Å². The van der Waals surface area contributed by atoms with Gasteiger partial charge in [-0.25, -0.2) is 0 Å². The van der Waals surface area contributed by atoms with Gasteiger partial charge >= 0.3 is 6.18 Å². The maximum Gasteiger partial charge on any atom is 0.416 e. The topological polar surface area (TPSA) is 34.5 Å². The number of fused-ring (bicyclic) bond motifs is 1. The lowest BCUT2D eigenvalue weighted by atomic mass is 10.2. The zero-order valence-electron chi connectivity index (χ0n) is 13.8. The fraction of sp³-hybridized carbons (Fsp3) is 0.471. The van der Waals surface area contributed by atoms with E-state index < -0.39 is 18.8 Å². The Bertz CT molecular complexity index is 760. The highest BCUT2D eigenvalue weighted by Crippen LogP contribution is 2.31. The van der Waals surface area contributed by atoms with E-state index in [0.717, 1.165) is 22.3 Å². The van der Waals surface area contributed by atoms with E-state index in [2.05, 4.69) is 4.57 Å². The van der Waals surface area contributed by atoms with Crippen LogP contribution in [0, 0.1) is 0 Å². The van der Waals surface area contributed by atoms with Crippen molar-refractivity contribution in [3.05, 3.63) is 30.5 Å². The van der Waals surface area contributed by atoms with E-state index in [9.17, 15) is 18.0 Å². The van der Waals surface area contributed by atoms with Crippen LogP contribution in [0.15, 0.2) is 35.4 Å². The number of aryl methyl sites for hydroxylation is 1. The van der Waals surface area contributed by atoms with E-state index >= 15 is 0 Å². The van der Waals surface area contributed by atoms with E-state index in [4.69, 9.17) is 4.74 Å². The Hall–Kier alpha value is -1.67. The molecule has 0 aliphatic carbocycles. The summed E-state index contributed by atoms with van der Waals surface area (Å²) in [5, 5.41) is 1.05. The molecule has 0 saturated carbocycles. The average Bonchev–Trinajstić information content (AvgIpc) is 2.97. The Morgan fingerprint density at radius 3 is 2.84 bits per heavy atom. The molecule has 8 heteroatoms. The Balaban J connectivity index is 1.67. The minimum absolute atomic E-state index is 0.0876. The second-order valence-electron chi connectivity index (χ2n) is 5.83. The number of para-hydroxylation sites is 1. The molecule has 4 nitrogen and oxygen atoms in total. The molecule has 1 amide bonds. The fourth-order valence-corrected chi connectivity index (χ4v) is 3.89. The molecule has 2 heterocycles. The minimum Gasteiger partial charge on any atom is -0.365 e. The summed E-state index contributed by atoms with van der Waals surface area (Å²) in [6, 6.07) is 7.90. The molecule has 1 atom stereocenters. The van der Waals surface area contributed by atoms with Crippen LogP contribution in [0.25, 0.3) is 10.9 Å². The summed E-state index contributed by atoms with van der Waals surface area (Å²) in [5.74, 6) is -0.182. The van der Waals surface area contributed by atoms with Gasteiger partial charge in [-0.3, -0.25) is 4.79 Å². The third-order valence-corrected chi connectivity index (χ3v) is 5.26. The smallest absolute Gasteiger partial charge is 0.365 e. The van der Waals surface area contributed by atoms with Gasteiger partial charge in [-0.2, -0.15) is 13.2 Å². The summed E-state index contributed by atoms with van der Waals surface area (Å²) in [5.41, 5.74) is 1.09. The first-order chi connectivity index (χ1) is 11.9. The van der Waals surface area contributed by atoms with Gasteiger partial charge in [0, 0.05) is 35.1 Å². The number of benzene rings is 1. The van der Waals surface area contributed by atoms with Crippen LogP contribution in [-0.2, 0) is 16.1 Å². The minimum atomic E-state index is -4.44. The van der Waals surface area contributed by atoms with Crippen molar-refractivity contribution >= 4 is 28.6 Å². The normalized spacial score (nSPS) is 18.7. The summed E-state index contributed by atoms with van der Waals surface area (Å²) in [6.07, 6.45) is -4.35. The van der Waals surface area contributed by atoms with Crippen molar-refractivity contribution in [3.8, 4) is 0 Å². The molecule has 25 heavy (non-hydrogen) atoms. The predicted octanol–water partition coefficient (Wildman–Crippen LogP) is 3.54. The monoisotopic (exact) mass is 372 g/mol. The lowest BCUT2D eigenvalue weighted by Gasteiger charge is -2.33. The van der Waals surface area contributed by atoms with Gasteiger partial charge in [0.05, 0.1) is 18.9 Å². The Labute approximate surface area is 147 Å². The molecule has 1 fully saturated rings. The number of morpholine rings is 1. The van der Waals surface area contributed by atoms with E-state index in [1.54, 1.807) is 0 Å². The average molecular weight is 372 g/mol. The number of carbonyl (C=O) groups is 1. The zero-order chi connectivity index (χ0) is 18.0. The van der Waals surface area contributed by atoms with Crippen LogP contribution in [0.2, 0.25) is 0 Å². The van der Waals surface area contributed by atoms with Crippen LogP contribution >= 0.6 is 11.8 Å². The van der Waals surface area contributed by atoms with Crippen molar-refractivity contribution in [2.24, 2.45) is 0 Å². The van der Waals surface area contributed by atoms with E-state index in [-0.39, 0.29) is 24.8 Å². The third-order valence-electron chi connectivity index (χ3n) is 4.23. The molecule has 1 saturated heterocycles. The maximum absolute atomic E-state index is 12.8. The molecule has 0 unspecified atom stereocenters. The number of halogens is 3. The van der Waals surface area contributed by atoms with Gasteiger partial charge in [-0.1, -0.05) is 18.2 Å². The molecule has 1 aromatic carbocycles. The van der Waals surface area contributed by atoms with Crippen LogP contribution in [0.3, 0.4) is 0 Å². The van der Waals surface area contributed by atoms with Crippen molar-refractivity contribution in [2.75, 3.05) is 25.4 Å². The van der Waals surface area contributed by atoms with E-state index in [1.807, 2.05) is 37.4 Å². The summed E-state index contributed by atoms with van der Waals surface area (Å²) >= 11 is 1.36. The Morgan fingerprint density at radius 1 is 1.36 bits per heavy atom. The quantitative estimate of drug-likeness (QED) is 0.770. The summed E-state index contributed by atoms with van der Waals surface area (Å²) in [6.45, 7) is 2.53. The third kappa shape index (κ3) is 3.95. The summed E-state index contributed by atoms with van der Waals surface area (Å²) < 4.78 is 45.1. The first-order valence-corrected chi connectivity index (χ1v) is 9.05. The zero-order valence-corrected chi connectivity index (χ0v) is 14.6. The van der Waals surface area contributed by atoms with Gasteiger partial charge in [0.2, 0.25) is 5.91 Å². The van der Waals surface area contributed by atoms with Gasteiger partial charge in [-0.15, -0.1) is 11.8 Å². The van der Waals surface area contributed by atoms with Crippen molar-refractivity contribution in [1.29, 1.82) is 0 Å². The van der Waals surface area contributed by atoms with Crippen LogP contribution in [0.5, 0.6) is 0 Å². The highest BCUT2D eigenvalue weighted by atomic mass is 32.2. The van der Waals surface area contributed by atoms with Crippen LogP contribution in [0.1, 0.15) is 6.92 Å². The standard InChI is InChI=1S/C17H19F3N2O2S/c1-2-21-9-14(12-5-3-4-6-13(12)21)25-11-16(23)22-7-8-24-15(10-22)17(18,19)20/h3-6,9,15H,2,7-8,10-11H2,1H3/t15-/m1/s1. The number of hydrogen-bond acceptors (Lipinski definition) is 3. The molecule has 2 aromatic rings. The SMILES string of the molecule is CCn1cc(SCC(=O)N2CCO[C@@H](C(F)(F)F)C2)c2ccccc21. The second-order valence-corrected chi connectivity index (χ2v) is 6.84. The van der Waals surface area contributed by atoms with Crippen LogP contribution in [0.4, 0.5) is 13.2 Å². The highest BCUT2D eigenvalue weighted by Gasteiger charge is 2.44. The molecule has 1 aromatic heterocycles.